The molecule has 1 unspecified atom stereocenters. The fraction of sp³-hybridized carbons (Fsp3) is 0.826. The maximum atomic E-state index is 11.6. The Hall–Kier alpha value is -1.32. The standard InChI is InChI=1S/C23H42O4/c1-3-5-6-7-8-9-10-11-12-13-14-15-16-17-18-19-20-22(24)27-21(4-2)23(25)26/h12-13,21H,3-11,14-20H2,1-2H3,(H,25,26)/b13-12-. The van der Waals surface area contributed by atoms with E-state index >= 15 is 0 Å². The van der Waals surface area contributed by atoms with Crippen molar-refractivity contribution in [3.05, 3.63) is 12.2 Å². The molecule has 0 heterocycles. The van der Waals surface area contributed by atoms with Crippen LogP contribution in [0.15, 0.2) is 12.2 Å². The second-order valence-electron chi connectivity index (χ2n) is 7.41. The highest BCUT2D eigenvalue weighted by Gasteiger charge is 2.19. The second kappa shape index (κ2) is 19.4. The van der Waals surface area contributed by atoms with Gasteiger partial charge in [-0.1, -0.05) is 83.8 Å². The minimum absolute atomic E-state index is 0.313. The predicted octanol–water partition coefficient (Wildman–Crippen LogP) is 6.82. The molecule has 0 radical (unpaired) electrons. The molecule has 0 rings (SSSR count). The molecule has 0 aliphatic carbocycles. The molecule has 0 saturated heterocycles. The van der Waals surface area contributed by atoms with E-state index in [1.807, 2.05) is 0 Å². The Morgan fingerprint density at radius 2 is 1.26 bits per heavy atom. The predicted molar refractivity (Wildman–Crippen MR) is 112 cm³/mol. The number of unbranched alkanes of at least 4 members (excludes halogenated alkanes) is 12. The Kier molecular flexibility index (Phi) is 18.5. The van der Waals surface area contributed by atoms with Crippen LogP contribution in [0.2, 0.25) is 0 Å². The van der Waals surface area contributed by atoms with Crippen LogP contribution in [0, 0.1) is 0 Å². The summed E-state index contributed by atoms with van der Waals surface area (Å²) in [7, 11) is 0. The van der Waals surface area contributed by atoms with E-state index < -0.39 is 18.0 Å². The molecule has 0 aromatic rings. The van der Waals surface area contributed by atoms with Crippen LogP contribution >= 0.6 is 0 Å². The SMILES string of the molecule is CCCCCCCCC/C=C\CCCCCCCC(=O)OC(CC)C(=O)O. The average Bonchev–Trinajstić information content (AvgIpc) is 2.65. The second-order valence-corrected chi connectivity index (χ2v) is 7.41. The summed E-state index contributed by atoms with van der Waals surface area (Å²) in [6.07, 6.45) is 21.5. The summed E-state index contributed by atoms with van der Waals surface area (Å²) < 4.78 is 4.94. The third-order valence-electron chi connectivity index (χ3n) is 4.81. The van der Waals surface area contributed by atoms with Crippen molar-refractivity contribution < 1.29 is 19.4 Å². The molecule has 0 amide bonds. The van der Waals surface area contributed by atoms with Gasteiger partial charge in [-0.15, -0.1) is 0 Å². The minimum atomic E-state index is -1.06. The van der Waals surface area contributed by atoms with Crippen molar-refractivity contribution >= 4 is 11.9 Å². The molecular formula is C23H42O4. The van der Waals surface area contributed by atoms with Gasteiger partial charge in [-0.25, -0.2) is 4.79 Å². The van der Waals surface area contributed by atoms with E-state index in [1.165, 1.54) is 64.2 Å². The minimum Gasteiger partial charge on any atom is -0.479 e. The molecule has 0 aromatic heterocycles. The molecule has 1 atom stereocenters. The van der Waals surface area contributed by atoms with Gasteiger partial charge < -0.3 is 9.84 Å². The summed E-state index contributed by atoms with van der Waals surface area (Å²) in [5.41, 5.74) is 0. The van der Waals surface area contributed by atoms with Crippen molar-refractivity contribution in [1.29, 1.82) is 0 Å². The van der Waals surface area contributed by atoms with Crippen molar-refractivity contribution in [3.63, 3.8) is 0 Å². The van der Waals surface area contributed by atoms with Gasteiger partial charge in [0.25, 0.3) is 0 Å². The highest BCUT2D eigenvalue weighted by atomic mass is 16.6. The zero-order valence-corrected chi connectivity index (χ0v) is 17.7. The summed E-state index contributed by atoms with van der Waals surface area (Å²) in [5.74, 6) is -1.46. The Balaban J connectivity index is 3.35. The van der Waals surface area contributed by atoms with Crippen molar-refractivity contribution in [2.45, 2.75) is 123 Å². The number of aliphatic carboxylic acids is 1. The van der Waals surface area contributed by atoms with E-state index in [0.717, 1.165) is 25.7 Å². The number of hydrogen-bond donors (Lipinski definition) is 1. The van der Waals surface area contributed by atoms with Crippen molar-refractivity contribution in [1.82, 2.24) is 0 Å². The molecule has 0 spiro atoms. The lowest BCUT2D eigenvalue weighted by atomic mass is 10.1. The maximum absolute atomic E-state index is 11.6. The molecule has 0 aliphatic rings. The average molecular weight is 383 g/mol. The Labute approximate surface area is 166 Å². The summed E-state index contributed by atoms with van der Waals surface area (Å²) in [4.78, 5) is 22.4. The van der Waals surface area contributed by atoms with Crippen LogP contribution in [-0.4, -0.2) is 23.1 Å². The number of carboxylic acids is 1. The highest BCUT2D eigenvalue weighted by molar-refractivity contribution is 5.77. The summed E-state index contributed by atoms with van der Waals surface area (Å²) in [6, 6.07) is 0. The lowest BCUT2D eigenvalue weighted by molar-refractivity contribution is -0.164. The first-order chi connectivity index (χ1) is 13.1. The van der Waals surface area contributed by atoms with E-state index in [-0.39, 0.29) is 0 Å². The first-order valence-corrected chi connectivity index (χ1v) is 11.2. The molecular weight excluding hydrogens is 340 g/mol. The lowest BCUT2D eigenvalue weighted by Gasteiger charge is -2.11. The molecule has 0 fully saturated rings. The van der Waals surface area contributed by atoms with E-state index in [0.29, 0.717) is 12.8 Å². The Morgan fingerprint density at radius 3 is 1.74 bits per heavy atom. The molecule has 0 aromatic carbocycles. The van der Waals surface area contributed by atoms with E-state index in [1.54, 1.807) is 6.92 Å². The Bertz CT molecular complexity index is 390. The molecule has 0 saturated carbocycles. The molecule has 0 aliphatic heterocycles. The third kappa shape index (κ3) is 17.8. The number of rotatable bonds is 19. The fourth-order valence-corrected chi connectivity index (χ4v) is 3.04. The van der Waals surface area contributed by atoms with Gasteiger partial charge in [0.05, 0.1) is 0 Å². The molecule has 0 bridgehead atoms. The van der Waals surface area contributed by atoms with Crippen LogP contribution in [0.5, 0.6) is 0 Å². The van der Waals surface area contributed by atoms with Crippen LogP contribution in [-0.2, 0) is 14.3 Å². The summed E-state index contributed by atoms with van der Waals surface area (Å²) in [5, 5.41) is 8.85. The first kappa shape index (κ1) is 25.7. The normalized spacial score (nSPS) is 12.4. The van der Waals surface area contributed by atoms with Gasteiger partial charge in [0.1, 0.15) is 0 Å². The molecule has 27 heavy (non-hydrogen) atoms. The molecule has 4 nitrogen and oxygen atoms in total. The van der Waals surface area contributed by atoms with Crippen LogP contribution in [0.3, 0.4) is 0 Å². The number of carbonyl (C=O) groups excluding carboxylic acids is 1. The number of hydrogen-bond acceptors (Lipinski definition) is 3. The highest BCUT2D eigenvalue weighted by Crippen LogP contribution is 2.11. The Morgan fingerprint density at radius 1 is 0.778 bits per heavy atom. The van der Waals surface area contributed by atoms with Crippen molar-refractivity contribution in [2.75, 3.05) is 0 Å². The smallest absolute Gasteiger partial charge is 0.345 e. The third-order valence-corrected chi connectivity index (χ3v) is 4.81. The number of allylic oxidation sites excluding steroid dienone is 2. The van der Waals surface area contributed by atoms with Gasteiger partial charge >= 0.3 is 11.9 Å². The number of ether oxygens (including phenoxy) is 1. The van der Waals surface area contributed by atoms with Gasteiger partial charge in [-0.05, 0) is 38.5 Å². The van der Waals surface area contributed by atoms with Crippen molar-refractivity contribution in [3.8, 4) is 0 Å². The van der Waals surface area contributed by atoms with Crippen molar-refractivity contribution in [2.24, 2.45) is 0 Å². The van der Waals surface area contributed by atoms with E-state index in [4.69, 9.17) is 9.84 Å². The van der Waals surface area contributed by atoms with Gasteiger partial charge in [0.15, 0.2) is 6.10 Å². The number of carbonyl (C=O) groups is 2. The van der Waals surface area contributed by atoms with Crippen LogP contribution < -0.4 is 0 Å². The first-order valence-electron chi connectivity index (χ1n) is 11.2. The largest absolute Gasteiger partial charge is 0.479 e. The van der Waals surface area contributed by atoms with Crippen LogP contribution in [0.1, 0.15) is 117 Å². The van der Waals surface area contributed by atoms with Crippen LogP contribution in [0.25, 0.3) is 0 Å². The number of esters is 1. The summed E-state index contributed by atoms with van der Waals surface area (Å²) in [6.45, 7) is 3.96. The quantitative estimate of drug-likeness (QED) is 0.151. The van der Waals surface area contributed by atoms with Gasteiger partial charge in [-0.2, -0.15) is 0 Å². The molecule has 4 heteroatoms. The fourth-order valence-electron chi connectivity index (χ4n) is 3.04. The van der Waals surface area contributed by atoms with E-state index in [9.17, 15) is 9.59 Å². The number of carboxylic acid groups (broad SMARTS) is 1. The topological polar surface area (TPSA) is 63.6 Å². The zero-order chi connectivity index (χ0) is 20.2. The molecule has 158 valence electrons. The van der Waals surface area contributed by atoms with Gasteiger partial charge in [0, 0.05) is 6.42 Å². The molecule has 1 N–H and O–H groups in total. The van der Waals surface area contributed by atoms with Gasteiger partial charge in [0.2, 0.25) is 0 Å². The monoisotopic (exact) mass is 382 g/mol. The maximum Gasteiger partial charge on any atom is 0.345 e. The van der Waals surface area contributed by atoms with Crippen LogP contribution in [0.4, 0.5) is 0 Å². The van der Waals surface area contributed by atoms with Gasteiger partial charge in [-0.3, -0.25) is 4.79 Å². The van der Waals surface area contributed by atoms with E-state index in [2.05, 4.69) is 19.1 Å². The lowest BCUT2D eigenvalue weighted by Crippen LogP contribution is -2.26. The zero-order valence-electron chi connectivity index (χ0n) is 17.7. The summed E-state index contributed by atoms with van der Waals surface area (Å²) >= 11 is 0.